The number of amides is 1. The van der Waals surface area contributed by atoms with E-state index in [0.29, 0.717) is 26.8 Å². The van der Waals surface area contributed by atoms with Crippen LogP contribution in [0, 0.1) is 0 Å². The fourth-order valence-corrected chi connectivity index (χ4v) is 4.95. The highest BCUT2D eigenvalue weighted by atomic mass is 35.5. The second-order valence-corrected chi connectivity index (χ2v) is 9.30. The topological polar surface area (TPSA) is 82.6 Å². The lowest BCUT2D eigenvalue weighted by molar-refractivity contribution is 0.0932. The number of carbonyl (C=O) groups excluding carboxylic acids is 1. The molecule has 0 spiro atoms. The average Bonchev–Trinajstić information content (AvgIpc) is 2.80. The van der Waals surface area contributed by atoms with E-state index in [-0.39, 0.29) is 30.0 Å². The quantitative estimate of drug-likeness (QED) is 0.503. The summed E-state index contributed by atoms with van der Waals surface area (Å²) in [6, 6.07) is 11.2. The fourth-order valence-electron chi connectivity index (χ4n) is 4.05. The molecule has 11 heteroatoms. The minimum Gasteiger partial charge on any atom is -0.455 e. The number of halogens is 3. The molecule has 2 aromatic carbocycles. The molecular weight excluding hydrogens is 499 g/mol. The van der Waals surface area contributed by atoms with Crippen LogP contribution in [0.15, 0.2) is 42.6 Å². The molecule has 176 valence electrons. The van der Waals surface area contributed by atoms with Gasteiger partial charge in [-0.2, -0.15) is 4.98 Å². The van der Waals surface area contributed by atoms with Gasteiger partial charge in [-0.3, -0.25) is 9.69 Å². The van der Waals surface area contributed by atoms with Gasteiger partial charge >= 0.3 is 0 Å². The van der Waals surface area contributed by atoms with E-state index >= 15 is 0 Å². The van der Waals surface area contributed by atoms with Crippen molar-refractivity contribution in [3.8, 4) is 5.88 Å². The molecule has 1 fully saturated rings. The number of hydrogen-bond acceptors (Lipinski definition) is 7. The van der Waals surface area contributed by atoms with E-state index in [1.54, 1.807) is 18.2 Å². The van der Waals surface area contributed by atoms with Crippen LogP contribution in [0.1, 0.15) is 17.3 Å². The molecule has 0 aliphatic carbocycles. The molecule has 0 saturated carbocycles. The lowest BCUT2D eigenvalue weighted by Crippen LogP contribution is -2.49. The van der Waals surface area contributed by atoms with E-state index < -0.39 is 0 Å². The van der Waals surface area contributed by atoms with Gasteiger partial charge in [-0.25, -0.2) is 4.98 Å². The predicted octanol–water partition coefficient (Wildman–Crippen LogP) is 4.98. The molecule has 1 amide bonds. The lowest BCUT2D eigenvalue weighted by Gasteiger charge is -2.34. The van der Waals surface area contributed by atoms with Crippen LogP contribution in [0.5, 0.6) is 5.88 Å². The second-order valence-electron chi connectivity index (χ2n) is 8.08. The zero-order chi connectivity index (χ0) is 23.8. The highest BCUT2D eigenvalue weighted by Crippen LogP contribution is 2.37. The van der Waals surface area contributed by atoms with E-state index in [2.05, 4.69) is 32.4 Å². The number of ether oxygens (including phenoxy) is 1. The van der Waals surface area contributed by atoms with Gasteiger partial charge in [0, 0.05) is 37.6 Å². The minimum absolute atomic E-state index is 0.0740. The van der Waals surface area contributed by atoms with Crippen LogP contribution >= 0.6 is 34.8 Å². The largest absolute Gasteiger partial charge is 0.455 e. The SMILES string of the molecule is C[C@H]1CN(c2ccc(Nc3ncc4c(n3)OCN(c3c(Cl)cccc3Cl)C4=O)cc2Cl)CCN1. The molecule has 2 aliphatic heterocycles. The summed E-state index contributed by atoms with van der Waals surface area (Å²) in [5.41, 5.74) is 2.31. The Morgan fingerprint density at radius 3 is 2.68 bits per heavy atom. The third kappa shape index (κ3) is 4.46. The number of carbonyl (C=O) groups is 1. The van der Waals surface area contributed by atoms with Crippen LogP contribution in [-0.2, 0) is 0 Å². The first-order valence-electron chi connectivity index (χ1n) is 10.7. The van der Waals surface area contributed by atoms with Crippen LogP contribution in [0.4, 0.5) is 23.0 Å². The minimum atomic E-state index is -0.347. The number of nitrogens with zero attached hydrogens (tertiary/aromatic N) is 4. The summed E-state index contributed by atoms with van der Waals surface area (Å²) in [6.45, 7) is 4.78. The third-order valence-corrected chi connectivity index (χ3v) is 6.59. The molecule has 0 unspecified atom stereocenters. The van der Waals surface area contributed by atoms with Gasteiger partial charge in [0.05, 0.1) is 26.4 Å². The molecule has 1 aromatic heterocycles. The Morgan fingerprint density at radius 2 is 1.94 bits per heavy atom. The number of benzene rings is 2. The molecule has 3 aromatic rings. The standard InChI is InChI=1S/C23H21Cl3N6O2/c1-13-11-31(8-7-27-13)19-6-5-14(9-18(19)26)29-23-28-10-15-21(30-23)34-12-32(22(15)33)20-16(24)3-2-4-17(20)25/h2-6,9-10,13,27H,7-8,11-12H2,1H3,(H,28,29,30)/t13-/m0/s1. The maximum Gasteiger partial charge on any atom is 0.268 e. The van der Waals surface area contributed by atoms with Crippen LogP contribution < -0.4 is 25.2 Å². The summed E-state index contributed by atoms with van der Waals surface area (Å²) in [5, 5.41) is 7.88. The highest BCUT2D eigenvalue weighted by molar-refractivity contribution is 6.40. The fraction of sp³-hybridized carbons (Fsp3) is 0.261. The molecule has 3 heterocycles. The van der Waals surface area contributed by atoms with E-state index in [1.807, 2.05) is 18.2 Å². The van der Waals surface area contributed by atoms with Gasteiger partial charge < -0.3 is 20.3 Å². The zero-order valence-corrected chi connectivity index (χ0v) is 20.5. The lowest BCUT2D eigenvalue weighted by atomic mass is 10.2. The second kappa shape index (κ2) is 9.46. The molecule has 1 saturated heterocycles. The van der Waals surface area contributed by atoms with Gasteiger partial charge in [-0.05, 0) is 37.3 Å². The van der Waals surface area contributed by atoms with Crippen LogP contribution in [0.2, 0.25) is 15.1 Å². The predicted molar refractivity (Wildman–Crippen MR) is 135 cm³/mol. The van der Waals surface area contributed by atoms with Gasteiger partial charge in [0.1, 0.15) is 5.56 Å². The summed E-state index contributed by atoms with van der Waals surface area (Å²) in [6.07, 6.45) is 1.42. The van der Waals surface area contributed by atoms with E-state index in [1.165, 1.54) is 11.1 Å². The Morgan fingerprint density at radius 1 is 1.15 bits per heavy atom. The summed E-state index contributed by atoms with van der Waals surface area (Å²) in [4.78, 5) is 25.3. The number of rotatable bonds is 4. The van der Waals surface area contributed by atoms with Crippen molar-refractivity contribution >= 4 is 63.7 Å². The van der Waals surface area contributed by atoms with Crippen molar-refractivity contribution in [1.82, 2.24) is 15.3 Å². The van der Waals surface area contributed by atoms with Crippen molar-refractivity contribution in [1.29, 1.82) is 0 Å². The number of hydrogen-bond donors (Lipinski definition) is 2. The molecule has 2 N–H and O–H groups in total. The molecule has 5 rings (SSSR count). The van der Waals surface area contributed by atoms with Crippen molar-refractivity contribution in [2.24, 2.45) is 0 Å². The Labute approximate surface area is 211 Å². The molecule has 0 bridgehead atoms. The maximum atomic E-state index is 13.0. The molecule has 2 aliphatic rings. The number of para-hydroxylation sites is 1. The number of aromatic nitrogens is 2. The van der Waals surface area contributed by atoms with Crippen LogP contribution in [0.3, 0.4) is 0 Å². The smallest absolute Gasteiger partial charge is 0.268 e. The third-order valence-electron chi connectivity index (χ3n) is 5.68. The molecule has 0 radical (unpaired) electrons. The normalized spacial score (nSPS) is 17.9. The monoisotopic (exact) mass is 518 g/mol. The van der Waals surface area contributed by atoms with Gasteiger partial charge in [0.2, 0.25) is 11.8 Å². The maximum absolute atomic E-state index is 13.0. The van der Waals surface area contributed by atoms with Crippen molar-refractivity contribution < 1.29 is 9.53 Å². The first-order valence-corrected chi connectivity index (χ1v) is 11.8. The van der Waals surface area contributed by atoms with E-state index in [4.69, 9.17) is 39.5 Å². The number of fused-ring (bicyclic) bond motifs is 1. The highest BCUT2D eigenvalue weighted by Gasteiger charge is 2.31. The number of anilines is 4. The van der Waals surface area contributed by atoms with Crippen molar-refractivity contribution in [2.45, 2.75) is 13.0 Å². The number of piperazine rings is 1. The van der Waals surface area contributed by atoms with E-state index in [9.17, 15) is 4.79 Å². The van der Waals surface area contributed by atoms with Crippen LogP contribution in [0.25, 0.3) is 0 Å². The zero-order valence-electron chi connectivity index (χ0n) is 18.2. The van der Waals surface area contributed by atoms with Crippen LogP contribution in [-0.4, -0.2) is 48.3 Å². The Balaban J connectivity index is 1.34. The first kappa shape index (κ1) is 23.0. The van der Waals surface area contributed by atoms with Gasteiger partial charge in [-0.1, -0.05) is 40.9 Å². The summed E-state index contributed by atoms with van der Waals surface area (Å²) in [5.74, 6) is 0.121. The number of nitrogens with one attached hydrogen (secondary N) is 2. The summed E-state index contributed by atoms with van der Waals surface area (Å²) < 4.78 is 5.74. The van der Waals surface area contributed by atoms with Crippen molar-refractivity contribution in [3.63, 3.8) is 0 Å². The van der Waals surface area contributed by atoms with Gasteiger partial charge in [-0.15, -0.1) is 0 Å². The first-order chi connectivity index (χ1) is 16.4. The van der Waals surface area contributed by atoms with E-state index in [0.717, 1.165) is 31.0 Å². The average molecular weight is 520 g/mol. The summed E-state index contributed by atoms with van der Waals surface area (Å²) >= 11 is 19.1. The Bertz CT molecular complexity index is 1240. The molecule has 8 nitrogen and oxygen atoms in total. The summed E-state index contributed by atoms with van der Waals surface area (Å²) in [7, 11) is 0. The molecular formula is C23H21Cl3N6O2. The van der Waals surface area contributed by atoms with Gasteiger partial charge in [0.15, 0.2) is 6.73 Å². The van der Waals surface area contributed by atoms with Crippen molar-refractivity contribution in [2.75, 3.05) is 41.5 Å². The van der Waals surface area contributed by atoms with Crippen molar-refractivity contribution in [3.05, 3.63) is 63.2 Å². The Kier molecular flexibility index (Phi) is 6.40. The Hall–Kier alpha value is -2.78. The molecule has 1 atom stereocenters. The molecule has 34 heavy (non-hydrogen) atoms. The van der Waals surface area contributed by atoms with Gasteiger partial charge in [0.25, 0.3) is 5.91 Å².